The summed E-state index contributed by atoms with van der Waals surface area (Å²) in [6.45, 7) is 2.62. The van der Waals surface area contributed by atoms with Gasteiger partial charge in [0.2, 0.25) is 0 Å². The van der Waals surface area contributed by atoms with Crippen molar-refractivity contribution in [2.45, 2.75) is 13.3 Å². The van der Waals surface area contributed by atoms with Gasteiger partial charge in [-0.1, -0.05) is 36.4 Å². The Hall–Kier alpha value is -3.41. The topological polar surface area (TPSA) is 77.8 Å². The van der Waals surface area contributed by atoms with Gasteiger partial charge in [0, 0.05) is 24.5 Å². The first-order valence-corrected chi connectivity index (χ1v) is 8.72. The van der Waals surface area contributed by atoms with E-state index in [4.69, 9.17) is 10.6 Å². The highest BCUT2D eigenvalue weighted by molar-refractivity contribution is 6.38. The molecule has 0 spiro atoms. The lowest BCUT2D eigenvalue weighted by molar-refractivity contribution is 0.413. The Morgan fingerprint density at radius 2 is 2.04 bits per heavy atom. The highest BCUT2D eigenvalue weighted by atomic mass is 16.5. The highest BCUT2D eigenvalue weighted by Gasteiger charge is 2.10. The molecule has 1 aromatic heterocycles. The highest BCUT2D eigenvalue weighted by Crippen LogP contribution is 2.24. The third-order valence-electron chi connectivity index (χ3n) is 4.19. The summed E-state index contributed by atoms with van der Waals surface area (Å²) in [4.78, 5) is 8.72. The Kier molecular flexibility index (Phi) is 5.99. The number of hydrogen-bond acceptors (Lipinski definition) is 5. The standard InChI is InChI=1S/C21H23N5O/c1-16-14-26(15-24-16)20-9-8-18(12-21(20)27-2)19(25-22)13-23-11-10-17-6-4-3-5-7-17/h3-9,12-15H,10-11,22H2,1-2H3/b23-13?,25-19+. The van der Waals surface area contributed by atoms with Gasteiger partial charge in [-0.25, -0.2) is 4.98 Å². The number of imidazole rings is 1. The molecule has 138 valence electrons. The van der Waals surface area contributed by atoms with Crippen LogP contribution >= 0.6 is 0 Å². The summed E-state index contributed by atoms with van der Waals surface area (Å²) in [5.41, 5.74) is 4.55. The fourth-order valence-corrected chi connectivity index (χ4v) is 2.77. The number of hydrogen-bond donors (Lipinski definition) is 1. The maximum atomic E-state index is 5.58. The van der Waals surface area contributed by atoms with Gasteiger partial charge in [-0.15, -0.1) is 0 Å². The molecule has 0 saturated heterocycles. The first kappa shape index (κ1) is 18.4. The largest absolute Gasteiger partial charge is 0.495 e. The van der Waals surface area contributed by atoms with Crippen LogP contribution in [0.5, 0.6) is 5.75 Å². The van der Waals surface area contributed by atoms with E-state index in [1.165, 1.54) is 5.56 Å². The van der Waals surface area contributed by atoms with Gasteiger partial charge in [-0.2, -0.15) is 5.10 Å². The molecule has 0 atom stereocenters. The first-order chi connectivity index (χ1) is 13.2. The van der Waals surface area contributed by atoms with Gasteiger partial charge in [0.15, 0.2) is 0 Å². The lowest BCUT2D eigenvalue weighted by atomic mass is 10.1. The number of aliphatic imine (C=N–C) groups is 1. The van der Waals surface area contributed by atoms with Gasteiger partial charge in [-0.3, -0.25) is 4.99 Å². The minimum Gasteiger partial charge on any atom is -0.495 e. The molecule has 0 bridgehead atoms. The number of hydrazone groups is 1. The molecule has 0 aliphatic carbocycles. The van der Waals surface area contributed by atoms with Crippen molar-refractivity contribution in [3.05, 3.63) is 77.9 Å². The number of aryl methyl sites for hydroxylation is 1. The fourth-order valence-electron chi connectivity index (χ4n) is 2.77. The molecule has 3 aromatic rings. The Labute approximate surface area is 159 Å². The van der Waals surface area contributed by atoms with Gasteiger partial charge >= 0.3 is 0 Å². The van der Waals surface area contributed by atoms with Gasteiger partial charge in [0.25, 0.3) is 0 Å². The minimum absolute atomic E-state index is 0.606. The van der Waals surface area contributed by atoms with Crippen molar-refractivity contribution < 1.29 is 4.74 Å². The maximum Gasteiger partial charge on any atom is 0.143 e. The van der Waals surface area contributed by atoms with Gasteiger partial charge in [0.1, 0.15) is 11.5 Å². The molecule has 27 heavy (non-hydrogen) atoms. The maximum absolute atomic E-state index is 5.58. The molecule has 2 N–H and O–H groups in total. The second kappa shape index (κ2) is 8.80. The molecular weight excluding hydrogens is 338 g/mol. The molecule has 2 aromatic carbocycles. The zero-order valence-corrected chi connectivity index (χ0v) is 15.5. The Morgan fingerprint density at radius 3 is 2.70 bits per heavy atom. The number of ether oxygens (including phenoxy) is 1. The van der Waals surface area contributed by atoms with Crippen molar-refractivity contribution in [3.8, 4) is 11.4 Å². The number of rotatable bonds is 7. The summed E-state index contributed by atoms with van der Waals surface area (Å²) in [6.07, 6.45) is 6.28. The summed E-state index contributed by atoms with van der Waals surface area (Å²) in [7, 11) is 1.64. The van der Waals surface area contributed by atoms with E-state index in [0.717, 1.165) is 23.4 Å². The number of nitrogens with two attached hydrogens (primary N) is 1. The van der Waals surface area contributed by atoms with Crippen LogP contribution in [0.25, 0.3) is 5.69 Å². The lowest BCUT2D eigenvalue weighted by Gasteiger charge is -2.11. The molecule has 6 nitrogen and oxygen atoms in total. The van der Waals surface area contributed by atoms with E-state index in [9.17, 15) is 0 Å². The number of benzene rings is 2. The molecule has 0 amide bonds. The average Bonchev–Trinajstić information content (AvgIpc) is 3.14. The van der Waals surface area contributed by atoms with Crippen LogP contribution in [0.2, 0.25) is 0 Å². The van der Waals surface area contributed by atoms with Crippen LogP contribution < -0.4 is 10.6 Å². The molecule has 0 aliphatic rings. The molecule has 0 aliphatic heterocycles. The van der Waals surface area contributed by atoms with Crippen LogP contribution in [-0.4, -0.2) is 35.1 Å². The predicted octanol–water partition coefficient (Wildman–Crippen LogP) is 3.17. The molecule has 0 saturated carbocycles. The van der Waals surface area contributed by atoms with Crippen molar-refractivity contribution in [2.24, 2.45) is 15.9 Å². The van der Waals surface area contributed by atoms with Crippen LogP contribution in [-0.2, 0) is 6.42 Å². The first-order valence-electron chi connectivity index (χ1n) is 8.72. The smallest absolute Gasteiger partial charge is 0.143 e. The lowest BCUT2D eigenvalue weighted by Crippen LogP contribution is -2.08. The molecule has 6 heteroatoms. The molecule has 1 heterocycles. The second-order valence-electron chi connectivity index (χ2n) is 6.09. The third-order valence-corrected chi connectivity index (χ3v) is 4.19. The van der Waals surface area contributed by atoms with Gasteiger partial charge < -0.3 is 15.1 Å². The third kappa shape index (κ3) is 4.61. The zero-order valence-electron chi connectivity index (χ0n) is 15.5. The van der Waals surface area contributed by atoms with Crippen LogP contribution in [0.3, 0.4) is 0 Å². The van der Waals surface area contributed by atoms with Crippen molar-refractivity contribution >= 4 is 11.9 Å². The van der Waals surface area contributed by atoms with Crippen LogP contribution in [0.15, 0.2) is 71.1 Å². The Balaban J connectivity index is 1.74. The SMILES string of the molecule is COc1cc(/C(C=NCCc2ccccc2)=N/N)ccc1-n1cnc(C)c1. The van der Waals surface area contributed by atoms with Crippen molar-refractivity contribution in [2.75, 3.05) is 13.7 Å². The summed E-state index contributed by atoms with van der Waals surface area (Å²) in [5, 5.41) is 3.88. The van der Waals surface area contributed by atoms with E-state index in [1.54, 1.807) is 19.7 Å². The van der Waals surface area contributed by atoms with Gasteiger partial charge in [-0.05, 0) is 31.0 Å². The van der Waals surface area contributed by atoms with Crippen molar-refractivity contribution in [3.63, 3.8) is 0 Å². The summed E-state index contributed by atoms with van der Waals surface area (Å²) in [6, 6.07) is 16.1. The molecule has 0 unspecified atom stereocenters. The van der Waals surface area contributed by atoms with E-state index in [1.807, 2.05) is 54.1 Å². The number of aromatic nitrogens is 2. The number of methoxy groups -OCH3 is 1. The quantitative estimate of drug-likeness (QED) is 0.399. The molecule has 3 rings (SSSR count). The van der Waals surface area contributed by atoms with E-state index in [0.29, 0.717) is 18.0 Å². The Morgan fingerprint density at radius 1 is 1.22 bits per heavy atom. The molecular formula is C21H23N5O. The minimum atomic E-state index is 0.606. The van der Waals surface area contributed by atoms with E-state index < -0.39 is 0 Å². The molecule has 0 fully saturated rings. The second-order valence-corrected chi connectivity index (χ2v) is 6.09. The number of nitrogens with zero attached hydrogens (tertiary/aromatic N) is 4. The van der Waals surface area contributed by atoms with Crippen molar-refractivity contribution in [1.29, 1.82) is 0 Å². The van der Waals surface area contributed by atoms with Crippen molar-refractivity contribution in [1.82, 2.24) is 9.55 Å². The summed E-state index contributed by atoms with van der Waals surface area (Å²) >= 11 is 0. The van der Waals surface area contributed by atoms with Crippen LogP contribution in [0.1, 0.15) is 16.8 Å². The summed E-state index contributed by atoms with van der Waals surface area (Å²) < 4.78 is 7.46. The average molecular weight is 361 g/mol. The zero-order chi connectivity index (χ0) is 19.1. The summed E-state index contributed by atoms with van der Waals surface area (Å²) in [5.74, 6) is 6.29. The predicted molar refractivity (Wildman–Crippen MR) is 109 cm³/mol. The van der Waals surface area contributed by atoms with E-state index in [-0.39, 0.29) is 0 Å². The van der Waals surface area contributed by atoms with E-state index in [2.05, 4.69) is 27.2 Å². The monoisotopic (exact) mass is 361 g/mol. The van der Waals surface area contributed by atoms with Crippen LogP contribution in [0.4, 0.5) is 0 Å². The molecule has 0 radical (unpaired) electrons. The fraction of sp³-hybridized carbons (Fsp3) is 0.190. The Bertz CT molecular complexity index is 944. The van der Waals surface area contributed by atoms with E-state index >= 15 is 0 Å². The normalized spacial score (nSPS) is 11.9. The van der Waals surface area contributed by atoms with Gasteiger partial charge in [0.05, 0.1) is 24.8 Å². The van der Waals surface area contributed by atoms with Crippen LogP contribution in [0, 0.1) is 6.92 Å².